The standard InChI is InChI=1S/C19H16N2O4/c1-21(2)8-9-7-20-15-12(9)18(24)13-14(19(15)25)17(23)11-6-4-3-5-10(11)16(13)22/h3-7,20,22-23H,8H2,1-2H3. The Hall–Kier alpha value is -3.12. The summed E-state index contributed by atoms with van der Waals surface area (Å²) in [6.07, 6.45) is 1.63. The molecule has 0 fully saturated rings. The number of rotatable bonds is 2. The second-order valence-corrected chi connectivity index (χ2v) is 6.45. The van der Waals surface area contributed by atoms with Crippen LogP contribution in [0.4, 0.5) is 0 Å². The van der Waals surface area contributed by atoms with Gasteiger partial charge in [0.25, 0.3) is 0 Å². The number of carbonyl (C=O) groups is 2. The number of benzene rings is 2. The molecule has 0 atom stereocenters. The van der Waals surface area contributed by atoms with Crippen molar-refractivity contribution in [3.8, 4) is 11.5 Å². The summed E-state index contributed by atoms with van der Waals surface area (Å²) in [4.78, 5) is 30.7. The molecule has 3 N–H and O–H groups in total. The molecule has 6 heteroatoms. The highest BCUT2D eigenvalue weighted by Gasteiger charge is 2.38. The maximum absolute atomic E-state index is 13.1. The number of phenols is 2. The van der Waals surface area contributed by atoms with Gasteiger partial charge in [0.05, 0.1) is 22.4 Å². The Kier molecular flexibility index (Phi) is 3.20. The van der Waals surface area contributed by atoms with Crippen molar-refractivity contribution >= 4 is 22.3 Å². The quantitative estimate of drug-likeness (QED) is 0.489. The Bertz CT molecular complexity index is 1060. The highest BCUT2D eigenvalue weighted by atomic mass is 16.3. The molecule has 0 amide bonds. The molecule has 0 aliphatic heterocycles. The van der Waals surface area contributed by atoms with Gasteiger partial charge in [-0.3, -0.25) is 9.59 Å². The summed E-state index contributed by atoms with van der Waals surface area (Å²) < 4.78 is 0. The predicted octanol–water partition coefficient (Wildman–Crippen LogP) is 2.42. The minimum absolute atomic E-state index is 0.131. The molecule has 1 heterocycles. The number of nitrogens with zero attached hydrogens (tertiary/aromatic N) is 1. The minimum Gasteiger partial charge on any atom is -0.506 e. The Labute approximate surface area is 143 Å². The van der Waals surface area contributed by atoms with E-state index in [9.17, 15) is 19.8 Å². The third-order valence-electron chi connectivity index (χ3n) is 4.52. The van der Waals surface area contributed by atoms with Crippen LogP contribution < -0.4 is 0 Å². The largest absolute Gasteiger partial charge is 0.506 e. The van der Waals surface area contributed by atoms with Gasteiger partial charge in [-0.05, 0) is 19.7 Å². The van der Waals surface area contributed by atoms with Crippen molar-refractivity contribution in [2.75, 3.05) is 14.1 Å². The van der Waals surface area contributed by atoms with Gasteiger partial charge in [-0.25, -0.2) is 0 Å². The number of ketones is 2. The van der Waals surface area contributed by atoms with E-state index in [1.54, 1.807) is 30.5 Å². The van der Waals surface area contributed by atoms with Crippen LogP contribution in [0.5, 0.6) is 11.5 Å². The molecule has 0 saturated carbocycles. The lowest BCUT2D eigenvalue weighted by Crippen LogP contribution is -2.23. The van der Waals surface area contributed by atoms with Crippen molar-refractivity contribution in [1.29, 1.82) is 0 Å². The molecule has 1 aliphatic rings. The summed E-state index contributed by atoms with van der Waals surface area (Å²) in [6, 6.07) is 6.60. The number of H-pyrrole nitrogens is 1. The summed E-state index contributed by atoms with van der Waals surface area (Å²) in [5.41, 5.74) is 0.812. The van der Waals surface area contributed by atoms with E-state index in [1.165, 1.54) is 0 Å². The Morgan fingerprint density at radius 2 is 1.48 bits per heavy atom. The fourth-order valence-corrected chi connectivity index (χ4v) is 3.46. The molecule has 1 aliphatic carbocycles. The van der Waals surface area contributed by atoms with Crippen LogP contribution in [-0.4, -0.2) is 45.8 Å². The lowest BCUT2D eigenvalue weighted by atomic mass is 9.83. The monoisotopic (exact) mass is 336 g/mol. The summed E-state index contributed by atoms with van der Waals surface area (Å²) in [6.45, 7) is 0.473. The third-order valence-corrected chi connectivity index (χ3v) is 4.52. The molecule has 0 radical (unpaired) electrons. The maximum Gasteiger partial charge on any atom is 0.214 e. The van der Waals surface area contributed by atoms with Gasteiger partial charge in [0.1, 0.15) is 11.5 Å². The van der Waals surface area contributed by atoms with E-state index in [4.69, 9.17) is 0 Å². The van der Waals surface area contributed by atoms with Crippen LogP contribution in [0.1, 0.15) is 37.5 Å². The van der Waals surface area contributed by atoms with E-state index in [1.807, 2.05) is 19.0 Å². The van der Waals surface area contributed by atoms with E-state index in [0.29, 0.717) is 22.9 Å². The van der Waals surface area contributed by atoms with Gasteiger partial charge < -0.3 is 20.1 Å². The number of aromatic hydroxyl groups is 2. The number of hydrogen-bond donors (Lipinski definition) is 3. The summed E-state index contributed by atoms with van der Waals surface area (Å²) in [5, 5.41) is 21.9. The van der Waals surface area contributed by atoms with E-state index in [-0.39, 0.29) is 33.9 Å². The lowest BCUT2D eigenvalue weighted by Gasteiger charge is -2.20. The molecule has 1 aromatic heterocycles. The molecule has 25 heavy (non-hydrogen) atoms. The van der Waals surface area contributed by atoms with Crippen LogP contribution in [0.25, 0.3) is 10.8 Å². The first-order valence-electron chi connectivity index (χ1n) is 7.82. The van der Waals surface area contributed by atoms with Crippen molar-refractivity contribution in [2.45, 2.75) is 6.54 Å². The summed E-state index contributed by atoms with van der Waals surface area (Å²) >= 11 is 0. The molecular weight excluding hydrogens is 320 g/mol. The number of aromatic nitrogens is 1. The number of hydrogen-bond acceptors (Lipinski definition) is 5. The lowest BCUT2D eigenvalue weighted by molar-refractivity contribution is 0.0971. The smallest absolute Gasteiger partial charge is 0.214 e. The Morgan fingerprint density at radius 3 is 2.04 bits per heavy atom. The van der Waals surface area contributed by atoms with Crippen molar-refractivity contribution in [2.24, 2.45) is 0 Å². The van der Waals surface area contributed by atoms with E-state index in [0.717, 1.165) is 0 Å². The highest BCUT2D eigenvalue weighted by Crippen LogP contribution is 2.44. The zero-order chi connectivity index (χ0) is 17.9. The predicted molar refractivity (Wildman–Crippen MR) is 92.3 cm³/mol. The Morgan fingerprint density at radius 1 is 0.920 bits per heavy atom. The fourth-order valence-electron chi connectivity index (χ4n) is 3.46. The van der Waals surface area contributed by atoms with E-state index < -0.39 is 11.6 Å². The van der Waals surface area contributed by atoms with Crippen molar-refractivity contribution in [1.82, 2.24) is 9.88 Å². The van der Waals surface area contributed by atoms with Crippen LogP contribution in [0.2, 0.25) is 0 Å². The first kappa shape index (κ1) is 15.4. The average molecular weight is 336 g/mol. The molecule has 126 valence electrons. The second-order valence-electron chi connectivity index (χ2n) is 6.45. The summed E-state index contributed by atoms with van der Waals surface area (Å²) in [5.74, 6) is -1.50. The van der Waals surface area contributed by atoms with Crippen molar-refractivity contribution in [3.63, 3.8) is 0 Å². The first-order chi connectivity index (χ1) is 11.9. The molecular formula is C19H16N2O4. The van der Waals surface area contributed by atoms with Gasteiger partial charge in [0.15, 0.2) is 5.78 Å². The van der Waals surface area contributed by atoms with Crippen LogP contribution in [0.3, 0.4) is 0 Å². The Balaban J connectivity index is 2.05. The maximum atomic E-state index is 13.1. The average Bonchev–Trinajstić information content (AvgIpc) is 2.99. The topological polar surface area (TPSA) is 93.6 Å². The number of phenolic OH excluding ortho intramolecular Hbond substituents is 2. The second kappa shape index (κ2) is 5.19. The molecule has 0 unspecified atom stereocenters. The van der Waals surface area contributed by atoms with Gasteiger partial charge >= 0.3 is 0 Å². The van der Waals surface area contributed by atoms with Gasteiger partial charge in [0.2, 0.25) is 5.78 Å². The zero-order valence-corrected chi connectivity index (χ0v) is 13.8. The molecule has 0 bridgehead atoms. The van der Waals surface area contributed by atoms with Crippen LogP contribution in [-0.2, 0) is 6.54 Å². The van der Waals surface area contributed by atoms with Crippen LogP contribution in [0.15, 0.2) is 30.5 Å². The van der Waals surface area contributed by atoms with Crippen LogP contribution >= 0.6 is 0 Å². The van der Waals surface area contributed by atoms with Gasteiger partial charge in [-0.1, -0.05) is 24.3 Å². The van der Waals surface area contributed by atoms with Crippen molar-refractivity contribution in [3.05, 3.63) is 58.4 Å². The van der Waals surface area contributed by atoms with E-state index >= 15 is 0 Å². The molecule has 0 spiro atoms. The number of carbonyl (C=O) groups excluding carboxylic acids is 2. The SMILES string of the molecule is CN(C)Cc1c[nH]c2c1C(=O)c1c(c(O)c3ccccc3c1O)C2=O. The zero-order valence-electron chi connectivity index (χ0n) is 13.8. The number of nitrogens with one attached hydrogen (secondary N) is 1. The highest BCUT2D eigenvalue weighted by molar-refractivity contribution is 6.32. The molecule has 3 aromatic rings. The van der Waals surface area contributed by atoms with Gasteiger partial charge in [0, 0.05) is 23.5 Å². The van der Waals surface area contributed by atoms with Gasteiger partial charge in [-0.15, -0.1) is 0 Å². The number of fused-ring (bicyclic) bond motifs is 3. The minimum atomic E-state index is -0.492. The normalized spacial score (nSPS) is 13.4. The first-order valence-corrected chi connectivity index (χ1v) is 7.82. The molecule has 0 saturated heterocycles. The van der Waals surface area contributed by atoms with Crippen molar-refractivity contribution < 1.29 is 19.8 Å². The molecule has 6 nitrogen and oxygen atoms in total. The third kappa shape index (κ3) is 2.01. The van der Waals surface area contributed by atoms with Gasteiger partial charge in [-0.2, -0.15) is 0 Å². The molecule has 2 aromatic carbocycles. The summed E-state index contributed by atoms with van der Waals surface area (Å²) in [7, 11) is 3.72. The van der Waals surface area contributed by atoms with E-state index in [2.05, 4.69) is 4.98 Å². The van der Waals surface area contributed by atoms with Crippen LogP contribution in [0, 0.1) is 0 Å². The molecule has 4 rings (SSSR count). The fraction of sp³-hybridized carbons (Fsp3) is 0.158. The number of aromatic amines is 1.